The number of hydrogen-bond acceptors (Lipinski definition) is 4. The molecule has 0 saturated heterocycles. The number of furan rings is 1. The quantitative estimate of drug-likeness (QED) is 0.583. The Morgan fingerprint density at radius 3 is 2.83 bits per heavy atom. The van der Waals surface area contributed by atoms with Crippen molar-refractivity contribution in [1.82, 2.24) is 5.32 Å². The Labute approximate surface area is 169 Å². The highest BCUT2D eigenvalue weighted by molar-refractivity contribution is 5.91. The zero-order valence-electron chi connectivity index (χ0n) is 16.1. The van der Waals surface area contributed by atoms with Crippen LogP contribution in [0.1, 0.15) is 28.3 Å². The Kier molecular flexibility index (Phi) is 5.79. The van der Waals surface area contributed by atoms with Gasteiger partial charge >= 0.3 is 0 Å². The van der Waals surface area contributed by atoms with Gasteiger partial charge in [0, 0.05) is 25.3 Å². The number of anilines is 1. The second-order valence-corrected chi connectivity index (χ2v) is 6.96. The van der Waals surface area contributed by atoms with Crippen LogP contribution in [-0.2, 0) is 13.0 Å². The molecule has 5 nitrogen and oxygen atoms in total. The van der Waals surface area contributed by atoms with E-state index < -0.39 is 5.82 Å². The number of benzene rings is 2. The predicted octanol–water partition coefficient (Wildman–Crippen LogP) is 4.18. The molecule has 0 radical (unpaired) electrons. The zero-order valence-corrected chi connectivity index (χ0v) is 16.1. The number of nitrogens with zero attached hydrogens (tertiary/aromatic N) is 1. The first kappa shape index (κ1) is 19.1. The van der Waals surface area contributed by atoms with Crippen LogP contribution in [0.2, 0.25) is 0 Å². The van der Waals surface area contributed by atoms with Crippen LogP contribution in [0.15, 0.2) is 65.1 Å². The molecule has 0 unspecified atom stereocenters. The molecule has 0 fully saturated rings. The summed E-state index contributed by atoms with van der Waals surface area (Å²) in [5.41, 5.74) is 2.68. The minimum Gasteiger partial charge on any atom is -0.483 e. The third-order valence-electron chi connectivity index (χ3n) is 4.97. The van der Waals surface area contributed by atoms with Crippen LogP contribution in [-0.4, -0.2) is 25.5 Å². The number of rotatable bonds is 8. The van der Waals surface area contributed by atoms with Crippen LogP contribution < -0.4 is 15.0 Å². The number of carbonyl (C=O) groups is 1. The van der Waals surface area contributed by atoms with Crippen LogP contribution >= 0.6 is 0 Å². The van der Waals surface area contributed by atoms with Crippen LogP contribution in [0.4, 0.5) is 10.1 Å². The summed E-state index contributed by atoms with van der Waals surface area (Å²) in [5.74, 6) is 0.149. The van der Waals surface area contributed by atoms with E-state index in [1.54, 1.807) is 30.3 Å². The van der Waals surface area contributed by atoms with E-state index in [1.807, 2.05) is 0 Å². The number of fused-ring (bicyclic) bond motifs is 1. The number of hydrogen-bond donors (Lipinski definition) is 1. The molecule has 0 spiro atoms. The summed E-state index contributed by atoms with van der Waals surface area (Å²) in [6.07, 6.45) is 1.93. The van der Waals surface area contributed by atoms with Gasteiger partial charge in [-0.15, -0.1) is 0 Å². The van der Waals surface area contributed by atoms with Gasteiger partial charge < -0.3 is 19.4 Å². The highest BCUT2D eigenvalue weighted by Crippen LogP contribution is 2.27. The van der Waals surface area contributed by atoms with Gasteiger partial charge in [-0.05, 0) is 48.7 Å². The first-order chi connectivity index (χ1) is 14.2. The maximum Gasteiger partial charge on any atom is 0.286 e. The Hall–Kier alpha value is -3.28. The van der Waals surface area contributed by atoms with Gasteiger partial charge in [0.25, 0.3) is 5.91 Å². The fraction of sp³-hybridized carbons (Fsp3) is 0.261. The second kappa shape index (κ2) is 8.82. The summed E-state index contributed by atoms with van der Waals surface area (Å²) < 4.78 is 24.5. The van der Waals surface area contributed by atoms with E-state index in [0.717, 1.165) is 25.9 Å². The van der Waals surface area contributed by atoms with Crippen molar-refractivity contribution in [2.75, 3.05) is 24.5 Å². The van der Waals surface area contributed by atoms with E-state index >= 15 is 0 Å². The SMILES string of the molecule is O=C(NCCCN1CCc2ccccc21)c1ccc(COc2ccccc2F)o1. The molecule has 1 amide bonds. The first-order valence-electron chi connectivity index (χ1n) is 9.78. The lowest BCUT2D eigenvalue weighted by Gasteiger charge is -2.19. The molecule has 150 valence electrons. The molecule has 1 aliphatic rings. The number of carbonyl (C=O) groups excluding carboxylic acids is 1. The molecule has 3 aromatic rings. The smallest absolute Gasteiger partial charge is 0.286 e. The summed E-state index contributed by atoms with van der Waals surface area (Å²) >= 11 is 0. The molecule has 0 saturated carbocycles. The van der Waals surface area contributed by atoms with Crippen molar-refractivity contribution in [2.24, 2.45) is 0 Å². The van der Waals surface area contributed by atoms with E-state index in [-0.39, 0.29) is 24.0 Å². The van der Waals surface area contributed by atoms with Gasteiger partial charge in [0.2, 0.25) is 0 Å². The Balaban J connectivity index is 1.21. The van der Waals surface area contributed by atoms with Crippen molar-refractivity contribution in [2.45, 2.75) is 19.4 Å². The van der Waals surface area contributed by atoms with Crippen molar-refractivity contribution in [3.05, 3.63) is 83.6 Å². The van der Waals surface area contributed by atoms with Gasteiger partial charge in [-0.25, -0.2) is 4.39 Å². The van der Waals surface area contributed by atoms with E-state index in [0.29, 0.717) is 12.3 Å². The number of amides is 1. The van der Waals surface area contributed by atoms with Gasteiger partial charge in [-0.3, -0.25) is 4.79 Å². The third kappa shape index (κ3) is 4.59. The van der Waals surface area contributed by atoms with E-state index in [1.165, 1.54) is 17.3 Å². The van der Waals surface area contributed by atoms with Crippen molar-refractivity contribution >= 4 is 11.6 Å². The summed E-state index contributed by atoms with van der Waals surface area (Å²) in [4.78, 5) is 14.6. The predicted molar refractivity (Wildman–Crippen MR) is 109 cm³/mol. The van der Waals surface area contributed by atoms with Crippen molar-refractivity contribution in [3.8, 4) is 5.75 Å². The molecule has 0 bridgehead atoms. The maximum absolute atomic E-state index is 13.6. The van der Waals surface area contributed by atoms with Crippen molar-refractivity contribution in [1.29, 1.82) is 0 Å². The van der Waals surface area contributed by atoms with Crippen LogP contribution in [0.25, 0.3) is 0 Å². The second-order valence-electron chi connectivity index (χ2n) is 6.96. The molecule has 1 aromatic heterocycles. The monoisotopic (exact) mass is 394 g/mol. The lowest BCUT2D eigenvalue weighted by Crippen LogP contribution is -2.29. The molecule has 0 atom stereocenters. The number of nitrogens with one attached hydrogen (secondary N) is 1. The van der Waals surface area contributed by atoms with Crippen LogP contribution in [0.3, 0.4) is 0 Å². The minimum atomic E-state index is -0.433. The zero-order chi connectivity index (χ0) is 20.1. The molecular weight excluding hydrogens is 371 g/mol. The molecular formula is C23H23FN2O3. The maximum atomic E-state index is 13.6. The average Bonchev–Trinajstić information content (AvgIpc) is 3.38. The lowest BCUT2D eigenvalue weighted by molar-refractivity contribution is 0.0921. The molecule has 1 aliphatic heterocycles. The molecule has 4 rings (SSSR count). The summed E-state index contributed by atoms with van der Waals surface area (Å²) in [5, 5.41) is 2.88. The fourth-order valence-electron chi connectivity index (χ4n) is 3.49. The van der Waals surface area contributed by atoms with E-state index in [4.69, 9.17) is 9.15 Å². The van der Waals surface area contributed by atoms with Gasteiger partial charge in [-0.2, -0.15) is 0 Å². The average molecular weight is 394 g/mol. The van der Waals surface area contributed by atoms with Gasteiger partial charge in [-0.1, -0.05) is 30.3 Å². The summed E-state index contributed by atoms with van der Waals surface area (Å²) in [6.45, 7) is 2.55. The molecule has 2 heterocycles. The van der Waals surface area contributed by atoms with E-state index in [2.05, 4.69) is 34.5 Å². The summed E-state index contributed by atoms with van der Waals surface area (Å²) in [7, 11) is 0. The van der Waals surface area contributed by atoms with Gasteiger partial charge in [0.1, 0.15) is 12.4 Å². The van der Waals surface area contributed by atoms with Crippen LogP contribution in [0, 0.1) is 5.82 Å². The summed E-state index contributed by atoms with van der Waals surface area (Å²) in [6, 6.07) is 17.9. The van der Waals surface area contributed by atoms with Crippen LogP contribution in [0.5, 0.6) is 5.75 Å². The molecule has 2 aromatic carbocycles. The van der Waals surface area contributed by atoms with Crippen molar-refractivity contribution in [3.63, 3.8) is 0 Å². The topological polar surface area (TPSA) is 54.7 Å². The Morgan fingerprint density at radius 2 is 1.93 bits per heavy atom. The minimum absolute atomic E-state index is 0.0581. The van der Waals surface area contributed by atoms with Gasteiger partial charge in [0.15, 0.2) is 17.3 Å². The Bertz CT molecular complexity index is 986. The first-order valence-corrected chi connectivity index (χ1v) is 9.78. The molecule has 29 heavy (non-hydrogen) atoms. The highest BCUT2D eigenvalue weighted by atomic mass is 19.1. The molecule has 0 aliphatic carbocycles. The highest BCUT2D eigenvalue weighted by Gasteiger charge is 2.18. The number of halogens is 1. The molecule has 1 N–H and O–H groups in total. The lowest BCUT2D eigenvalue weighted by atomic mass is 10.2. The number of ether oxygens (including phenoxy) is 1. The van der Waals surface area contributed by atoms with Gasteiger partial charge in [0.05, 0.1) is 0 Å². The largest absolute Gasteiger partial charge is 0.483 e. The fourth-order valence-corrected chi connectivity index (χ4v) is 3.49. The standard InChI is InChI=1S/C23H23FN2O3/c24-19-7-2-4-9-21(19)28-16-18-10-11-22(29-18)23(27)25-13-5-14-26-15-12-17-6-1-3-8-20(17)26/h1-4,6-11H,5,12-16H2,(H,25,27). The Morgan fingerprint density at radius 1 is 1.10 bits per heavy atom. The normalized spacial score (nSPS) is 12.7. The third-order valence-corrected chi connectivity index (χ3v) is 4.97. The number of para-hydroxylation sites is 2. The van der Waals surface area contributed by atoms with Crippen molar-refractivity contribution < 1.29 is 18.3 Å². The van der Waals surface area contributed by atoms with E-state index in [9.17, 15) is 9.18 Å². The molecule has 6 heteroatoms.